The number of aromatic nitrogens is 2. The molecule has 0 spiro atoms. The van der Waals surface area contributed by atoms with Crippen LogP contribution in [0.15, 0.2) is 18.2 Å². The van der Waals surface area contributed by atoms with Gasteiger partial charge in [0.15, 0.2) is 9.84 Å². The molecular weight excluding hydrogens is 431 g/mol. The normalized spacial score (nSPS) is 21.3. The van der Waals surface area contributed by atoms with Crippen molar-refractivity contribution in [3.63, 3.8) is 0 Å². The molecule has 2 aromatic rings. The van der Waals surface area contributed by atoms with Gasteiger partial charge in [0, 0.05) is 26.2 Å². The first-order chi connectivity index (χ1) is 14.2. The number of nitrogens with zero attached hydrogens (tertiary/aromatic N) is 4. The average molecular weight is 455 g/mol. The summed E-state index contributed by atoms with van der Waals surface area (Å²) in [5.74, 6) is -0.341. The molecule has 1 atom stereocenters. The molecule has 2 saturated heterocycles. The Balaban J connectivity index is 1.47. The van der Waals surface area contributed by atoms with Crippen molar-refractivity contribution in [1.82, 2.24) is 14.7 Å². The van der Waals surface area contributed by atoms with Gasteiger partial charge >= 0.3 is 0 Å². The summed E-state index contributed by atoms with van der Waals surface area (Å²) >= 11 is 6.04. The maximum Gasteiger partial charge on any atom is 0.255 e. The van der Waals surface area contributed by atoms with Gasteiger partial charge in [0.2, 0.25) is 0 Å². The van der Waals surface area contributed by atoms with Crippen molar-refractivity contribution >= 4 is 33.0 Å². The highest BCUT2D eigenvalue weighted by molar-refractivity contribution is 7.91. The van der Waals surface area contributed by atoms with E-state index in [2.05, 4.69) is 10.00 Å². The lowest BCUT2D eigenvalue weighted by atomic mass is 10.1. The molecule has 0 saturated carbocycles. The summed E-state index contributed by atoms with van der Waals surface area (Å²) in [6, 6.07) is 3.68. The van der Waals surface area contributed by atoms with Gasteiger partial charge in [-0.3, -0.25) is 9.48 Å². The number of anilines is 1. The zero-order valence-electron chi connectivity index (χ0n) is 16.9. The molecule has 7 nitrogen and oxygen atoms in total. The Hall–Kier alpha value is -2.13. The summed E-state index contributed by atoms with van der Waals surface area (Å²) < 4.78 is 38.8. The number of hydrogen-bond donors (Lipinski definition) is 0. The Kier molecular flexibility index (Phi) is 5.52. The molecule has 0 radical (unpaired) electrons. The van der Waals surface area contributed by atoms with Gasteiger partial charge in [0.1, 0.15) is 5.82 Å². The summed E-state index contributed by atoms with van der Waals surface area (Å²) in [5, 5.41) is 4.74. The van der Waals surface area contributed by atoms with Crippen molar-refractivity contribution in [1.29, 1.82) is 0 Å². The van der Waals surface area contributed by atoms with E-state index in [-0.39, 0.29) is 28.5 Å². The molecule has 10 heteroatoms. The number of halogens is 2. The van der Waals surface area contributed by atoms with Crippen molar-refractivity contribution in [2.24, 2.45) is 0 Å². The first kappa shape index (κ1) is 21.1. The summed E-state index contributed by atoms with van der Waals surface area (Å²) in [6.45, 7) is 6.17. The molecule has 30 heavy (non-hydrogen) atoms. The highest BCUT2D eigenvalue weighted by atomic mass is 35.5. The first-order valence-corrected chi connectivity index (χ1v) is 12.1. The smallest absolute Gasteiger partial charge is 0.255 e. The minimum Gasteiger partial charge on any atom is -0.365 e. The maximum atomic E-state index is 13.3. The van der Waals surface area contributed by atoms with E-state index in [4.69, 9.17) is 11.6 Å². The molecule has 2 aliphatic heterocycles. The second kappa shape index (κ2) is 7.85. The Morgan fingerprint density at radius 2 is 1.90 bits per heavy atom. The van der Waals surface area contributed by atoms with Gasteiger partial charge in [-0.15, -0.1) is 0 Å². The largest absolute Gasteiger partial charge is 0.365 e. The fourth-order valence-electron chi connectivity index (χ4n) is 4.40. The molecule has 1 aromatic heterocycles. The van der Waals surface area contributed by atoms with E-state index in [0.29, 0.717) is 38.2 Å². The molecular formula is C20H24ClFN4O3S. The summed E-state index contributed by atoms with van der Waals surface area (Å²) in [6.07, 6.45) is 0.588. The van der Waals surface area contributed by atoms with Crippen molar-refractivity contribution < 1.29 is 17.6 Å². The van der Waals surface area contributed by atoms with E-state index in [0.717, 1.165) is 23.1 Å². The molecule has 3 heterocycles. The Morgan fingerprint density at radius 1 is 1.20 bits per heavy atom. The van der Waals surface area contributed by atoms with Crippen LogP contribution in [0.1, 0.15) is 34.2 Å². The predicted octanol–water partition coefficient (Wildman–Crippen LogP) is 2.61. The lowest BCUT2D eigenvalue weighted by molar-refractivity contribution is 0.0747. The zero-order chi connectivity index (χ0) is 21.6. The Labute approximate surface area is 180 Å². The van der Waals surface area contributed by atoms with Crippen molar-refractivity contribution in [3.05, 3.63) is 46.0 Å². The highest BCUT2D eigenvalue weighted by Gasteiger charge is 2.33. The molecule has 162 valence electrons. The molecule has 0 N–H and O–H groups in total. The quantitative estimate of drug-likeness (QED) is 0.712. The molecule has 4 rings (SSSR count). The molecule has 1 amide bonds. The number of piperazine rings is 1. The second-order valence-electron chi connectivity index (χ2n) is 7.92. The van der Waals surface area contributed by atoms with Crippen molar-refractivity contribution in [2.45, 2.75) is 26.3 Å². The molecule has 1 aromatic carbocycles. The van der Waals surface area contributed by atoms with E-state index >= 15 is 0 Å². The van der Waals surface area contributed by atoms with E-state index in [1.54, 1.807) is 4.90 Å². The molecule has 1 unspecified atom stereocenters. The van der Waals surface area contributed by atoms with Gasteiger partial charge in [0.25, 0.3) is 5.91 Å². The van der Waals surface area contributed by atoms with Gasteiger partial charge in [-0.05, 0) is 38.5 Å². The van der Waals surface area contributed by atoms with Gasteiger partial charge in [-0.25, -0.2) is 12.8 Å². The van der Waals surface area contributed by atoms with Crippen LogP contribution < -0.4 is 4.90 Å². The van der Waals surface area contributed by atoms with E-state index in [1.807, 2.05) is 18.5 Å². The number of hydrogen-bond acceptors (Lipinski definition) is 5. The SMILES string of the molecule is Cc1nn(C2CCS(=O)(=O)C2)c(C)c1N1CCN(C(=O)c2ccc(F)cc2Cl)CC1. The zero-order valence-corrected chi connectivity index (χ0v) is 18.5. The van der Waals surface area contributed by atoms with E-state index < -0.39 is 15.7 Å². The number of rotatable bonds is 3. The van der Waals surface area contributed by atoms with Crippen LogP contribution in [0.3, 0.4) is 0 Å². The van der Waals surface area contributed by atoms with Gasteiger partial charge in [0.05, 0.1) is 45.2 Å². The van der Waals surface area contributed by atoms with Crippen LogP contribution in [0.25, 0.3) is 0 Å². The number of amides is 1. The lowest BCUT2D eigenvalue weighted by Gasteiger charge is -2.36. The minimum absolute atomic E-state index is 0.113. The Bertz CT molecular complexity index is 1090. The topological polar surface area (TPSA) is 75.5 Å². The van der Waals surface area contributed by atoms with E-state index in [9.17, 15) is 17.6 Å². The van der Waals surface area contributed by atoms with Crippen molar-refractivity contribution in [3.8, 4) is 0 Å². The van der Waals surface area contributed by atoms with Gasteiger partial charge in [-0.2, -0.15) is 5.10 Å². The number of aryl methyl sites for hydroxylation is 1. The van der Waals surface area contributed by atoms with Crippen molar-refractivity contribution in [2.75, 3.05) is 42.6 Å². The third-order valence-corrected chi connectivity index (χ3v) is 7.95. The second-order valence-corrected chi connectivity index (χ2v) is 10.6. The monoisotopic (exact) mass is 454 g/mol. The molecule has 0 aliphatic carbocycles. The third-order valence-electron chi connectivity index (χ3n) is 5.89. The summed E-state index contributed by atoms with van der Waals surface area (Å²) in [4.78, 5) is 16.7. The summed E-state index contributed by atoms with van der Waals surface area (Å²) in [7, 11) is -2.99. The number of benzene rings is 1. The molecule has 2 aliphatic rings. The fourth-order valence-corrected chi connectivity index (χ4v) is 6.34. The minimum atomic E-state index is -2.99. The van der Waals surface area contributed by atoms with Crippen LogP contribution in [-0.4, -0.2) is 66.7 Å². The van der Waals surface area contributed by atoms with Gasteiger partial charge in [-0.1, -0.05) is 11.6 Å². The van der Waals surface area contributed by atoms with Crippen LogP contribution in [0.4, 0.5) is 10.1 Å². The Morgan fingerprint density at radius 3 is 2.50 bits per heavy atom. The average Bonchev–Trinajstić information content (AvgIpc) is 3.19. The standard InChI is InChI=1S/C20H24ClFN4O3S/c1-13-19(14(2)26(23-13)16-5-10-30(28,29)12-16)24-6-8-25(9-7-24)20(27)17-4-3-15(22)11-18(17)21/h3-4,11,16H,5-10,12H2,1-2H3. The van der Waals surface area contributed by atoms with Crippen LogP contribution in [0.2, 0.25) is 5.02 Å². The van der Waals surface area contributed by atoms with Crippen LogP contribution in [0, 0.1) is 19.7 Å². The molecule has 0 bridgehead atoms. The maximum absolute atomic E-state index is 13.3. The summed E-state index contributed by atoms with van der Waals surface area (Å²) in [5.41, 5.74) is 3.12. The lowest BCUT2D eigenvalue weighted by Crippen LogP contribution is -2.49. The number of sulfone groups is 1. The molecule has 2 fully saturated rings. The third kappa shape index (κ3) is 3.92. The van der Waals surface area contributed by atoms with Crippen LogP contribution >= 0.6 is 11.6 Å². The number of carbonyl (C=O) groups excluding carboxylic acids is 1. The first-order valence-electron chi connectivity index (χ1n) is 9.91. The fraction of sp³-hybridized carbons (Fsp3) is 0.500. The predicted molar refractivity (Wildman–Crippen MR) is 114 cm³/mol. The van der Waals surface area contributed by atoms with Crippen LogP contribution in [0.5, 0.6) is 0 Å². The highest BCUT2D eigenvalue weighted by Crippen LogP contribution is 2.32. The van der Waals surface area contributed by atoms with E-state index in [1.165, 1.54) is 12.1 Å². The van der Waals surface area contributed by atoms with Gasteiger partial charge < -0.3 is 9.80 Å². The number of carbonyl (C=O) groups is 1. The van der Waals surface area contributed by atoms with Crippen LogP contribution in [-0.2, 0) is 9.84 Å².